The molecule has 0 bridgehead atoms. The predicted molar refractivity (Wildman–Crippen MR) is 108 cm³/mol. The van der Waals surface area contributed by atoms with E-state index in [1.807, 2.05) is 48.1 Å². The number of ether oxygens (including phenoxy) is 1. The van der Waals surface area contributed by atoms with Gasteiger partial charge in [-0.2, -0.15) is 5.10 Å². The number of nitrogens with zero attached hydrogens (tertiary/aromatic N) is 3. The molecule has 0 saturated carbocycles. The highest BCUT2D eigenvalue weighted by Crippen LogP contribution is 2.19. The Kier molecular flexibility index (Phi) is 6.57. The average molecular weight is 394 g/mol. The van der Waals surface area contributed by atoms with Crippen LogP contribution in [0.4, 0.5) is 5.69 Å². The van der Waals surface area contributed by atoms with Crippen molar-refractivity contribution in [2.24, 2.45) is 0 Å². The van der Waals surface area contributed by atoms with E-state index in [2.05, 4.69) is 10.4 Å². The third-order valence-corrected chi connectivity index (χ3v) is 4.36. The number of carbonyl (C=O) groups is 1. The Labute approximate surface area is 168 Å². The normalized spacial score (nSPS) is 10.5. The number of nitro groups is 1. The summed E-state index contributed by atoms with van der Waals surface area (Å²) < 4.78 is 7.17. The highest BCUT2D eigenvalue weighted by atomic mass is 16.6. The Hall–Kier alpha value is -3.68. The minimum atomic E-state index is -0.505. The maximum Gasteiger partial charge on any atom is 0.273 e. The summed E-state index contributed by atoms with van der Waals surface area (Å²) in [5.41, 5.74) is 3.04. The summed E-state index contributed by atoms with van der Waals surface area (Å²) in [4.78, 5) is 22.2. The lowest BCUT2D eigenvalue weighted by Crippen LogP contribution is -2.29. The van der Waals surface area contributed by atoms with Gasteiger partial charge in [0.25, 0.3) is 11.6 Å². The molecule has 0 aliphatic rings. The number of nitro benzene ring substituents is 1. The molecule has 0 saturated heterocycles. The van der Waals surface area contributed by atoms with Crippen LogP contribution < -0.4 is 10.1 Å². The Bertz CT molecular complexity index is 985. The zero-order valence-corrected chi connectivity index (χ0v) is 16.1. The van der Waals surface area contributed by atoms with E-state index in [-0.39, 0.29) is 18.2 Å². The molecule has 8 heteroatoms. The van der Waals surface area contributed by atoms with Crippen LogP contribution in [0.2, 0.25) is 0 Å². The van der Waals surface area contributed by atoms with Crippen molar-refractivity contribution in [3.63, 3.8) is 0 Å². The number of hydrogen-bond acceptors (Lipinski definition) is 5. The summed E-state index contributed by atoms with van der Waals surface area (Å²) in [7, 11) is 0. The molecule has 0 spiro atoms. The van der Waals surface area contributed by atoms with Gasteiger partial charge in [-0.1, -0.05) is 24.3 Å². The van der Waals surface area contributed by atoms with Gasteiger partial charge in [-0.25, -0.2) is 4.68 Å². The number of aromatic nitrogens is 2. The van der Waals surface area contributed by atoms with E-state index in [0.717, 1.165) is 29.8 Å². The topological polar surface area (TPSA) is 99.3 Å². The molecule has 0 aliphatic heterocycles. The third-order valence-electron chi connectivity index (χ3n) is 4.36. The summed E-state index contributed by atoms with van der Waals surface area (Å²) in [5, 5.41) is 18.1. The Balaban J connectivity index is 1.41. The van der Waals surface area contributed by atoms with E-state index in [0.29, 0.717) is 12.3 Å². The summed E-state index contributed by atoms with van der Waals surface area (Å²) in [6.07, 6.45) is 3.58. The van der Waals surface area contributed by atoms with Crippen LogP contribution in [0.15, 0.2) is 60.8 Å². The van der Waals surface area contributed by atoms with Gasteiger partial charge in [0.05, 0.1) is 22.4 Å². The molecule has 0 aliphatic carbocycles. The minimum absolute atomic E-state index is 0.0747. The molecule has 0 atom stereocenters. The van der Waals surface area contributed by atoms with E-state index >= 15 is 0 Å². The first-order chi connectivity index (χ1) is 14.0. The standard InChI is InChI=1S/C21H22N4O4/c1-16-17(14-24(23-16)18-8-3-2-4-9-18)7-6-12-22-21(26)15-29-20-11-5-10-19(13-20)25(27)28/h2-5,8-11,13-14H,6-7,12,15H2,1H3,(H,22,26). The Morgan fingerprint density at radius 3 is 2.76 bits per heavy atom. The van der Waals surface area contributed by atoms with Crippen LogP contribution in [0.5, 0.6) is 5.75 Å². The molecule has 150 valence electrons. The molecule has 3 rings (SSSR count). The molecule has 1 amide bonds. The van der Waals surface area contributed by atoms with Gasteiger partial charge in [-0.05, 0) is 43.5 Å². The minimum Gasteiger partial charge on any atom is -0.484 e. The van der Waals surface area contributed by atoms with Crippen molar-refractivity contribution >= 4 is 11.6 Å². The summed E-state index contributed by atoms with van der Waals surface area (Å²) >= 11 is 0. The molecule has 1 aromatic heterocycles. The molecular weight excluding hydrogens is 372 g/mol. The van der Waals surface area contributed by atoms with Crippen molar-refractivity contribution in [2.75, 3.05) is 13.2 Å². The van der Waals surface area contributed by atoms with Gasteiger partial charge in [0.1, 0.15) is 5.75 Å². The Morgan fingerprint density at radius 1 is 1.21 bits per heavy atom. The number of aryl methyl sites for hydroxylation is 2. The van der Waals surface area contributed by atoms with Gasteiger partial charge < -0.3 is 10.1 Å². The monoisotopic (exact) mass is 394 g/mol. The molecule has 0 fully saturated rings. The van der Waals surface area contributed by atoms with Crippen LogP contribution in [-0.4, -0.2) is 33.8 Å². The largest absolute Gasteiger partial charge is 0.484 e. The molecule has 1 heterocycles. The fraction of sp³-hybridized carbons (Fsp3) is 0.238. The fourth-order valence-electron chi connectivity index (χ4n) is 2.85. The first-order valence-electron chi connectivity index (χ1n) is 9.27. The molecule has 1 N–H and O–H groups in total. The van der Waals surface area contributed by atoms with Gasteiger partial charge in [0.2, 0.25) is 0 Å². The molecule has 8 nitrogen and oxygen atoms in total. The zero-order valence-electron chi connectivity index (χ0n) is 16.1. The lowest BCUT2D eigenvalue weighted by atomic mass is 10.1. The second kappa shape index (κ2) is 9.50. The van der Waals surface area contributed by atoms with E-state index in [9.17, 15) is 14.9 Å². The van der Waals surface area contributed by atoms with Crippen LogP contribution in [0.25, 0.3) is 5.69 Å². The molecule has 29 heavy (non-hydrogen) atoms. The molecule has 3 aromatic rings. The molecule has 0 unspecified atom stereocenters. The van der Waals surface area contributed by atoms with Crippen LogP contribution in [0.3, 0.4) is 0 Å². The fourth-order valence-corrected chi connectivity index (χ4v) is 2.85. The van der Waals surface area contributed by atoms with Gasteiger partial charge in [0.15, 0.2) is 6.61 Å². The SMILES string of the molecule is Cc1nn(-c2ccccc2)cc1CCCNC(=O)COc1cccc([N+](=O)[O-])c1. The summed E-state index contributed by atoms with van der Waals surface area (Å²) in [6, 6.07) is 15.7. The van der Waals surface area contributed by atoms with Gasteiger partial charge in [-0.3, -0.25) is 14.9 Å². The molecular formula is C21H22N4O4. The van der Waals surface area contributed by atoms with Gasteiger partial charge in [-0.15, -0.1) is 0 Å². The van der Waals surface area contributed by atoms with E-state index in [1.54, 1.807) is 6.07 Å². The van der Waals surface area contributed by atoms with Gasteiger partial charge >= 0.3 is 0 Å². The lowest BCUT2D eigenvalue weighted by molar-refractivity contribution is -0.384. The van der Waals surface area contributed by atoms with Crippen LogP contribution >= 0.6 is 0 Å². The smallest absolute Gasteiger partial charge is 0.273 e. The number of non-ortho nitro benzene ring substituents is 1. The molecule has 0 radical (unpaired) electrons. The number of para-hydroxylation sites is 1. The molecule has 2 aromatic carbocycles. The van der Waals surface area contributed by atoms with Gasteiger partial charge in [0, 0.05) is 18.8 Å². The maximum absolute atomic E-state index is 11.9. The van der Waals surface area contributed by atoms with Crippen molar-refractivity contribution in [1.82, 2.24) is 15.1 Å². The quantitative estimate of drug-likeness (QED) is 0.341. The second-order valence-electron chi connectivity index (χ2n) is 6.52. The van der Waals surface area contributed by atoms with Crippen LogP contribution in [-0.2, 0) is 11.2 Å². The third kappa shape index (κ3) is 5.65. The van der Waals surface area contributed by atoms with Crippen molar-refractivity contribution in [3.05, 3.63) is 82.2 Å². The number of amides is 1. The van der Waals surface area contributed by atoms with E-state index < -0.39 is 4.92 Å². The Morgan fingerprint density at radius 2 is 2.00 bits per heavy atom. The highest BCUT2D eigenvalue weighted by Gasteiger charge is 2.09. The number of hydrogen-bond donors (Lipinski definition) is 1. The van der Waals surface area contributed by atoms with Crippen molar-refractivity contribution in [3.8, 4) is 11.4 Å². The summed E-state index contributed by atoms with van der Waals surface area (Å²) in [5.74, 6) is 0.0199. The number of benzene rings is 2. The first-order valence-corrected chi connectivity index (χ1v) is 9.27. The predicted octanol–water partition coefficient (Wildman–Crippen LogP) is 3.22. The number of rotatable bonds is 9. The zero-order chi connectivity index (χ0) is 20.6. The van der Waals surface area contributed by atoms with Crippen molar-refractivity contribution in [2.45, 2.75) is 19.8 Å². The van der Waals surface area contributed by atoms with E-state index in [1.165, 1.54) is 18.2 Å². The van der Waals surface area contributed by atoms with E-state index in [4.69, 9.17) is 4.74 Å². The van der Waals surface area contributed by atoms with Crippen LogP contribution in [0, 0.1) is 17.0 Å². The lowest BCUT2D eigenvalue weighted by Gasteiger charge is -2.07. The number of nitrogens with one attached hydrogen (secondary N) is 1. The van der Waals surface area contributed by atoms with Crippen molar-refractivity contribution in [1.29, 1.82) is 0 Å². The first kappa shape index (κ1) is 20.1. The maximum atomic E-state index is 11.9. The summed E-state index contributed by atoms with van der Waals surface area (Å²) in [6.45, 7) is 2.29. The number of carbonyl (C=O) groups excluding carboxylic acids is 1. The van der Waals surface area contributed by atoms with Crippen LogP contribution in [0.1, 0.15) is 17.7 Å². The highest BCUT2D eigenvalue weighted by molar-refractivity contribution is 5.77. The second-order valence-corrected chi connectivity index (χ2v) is 6.52. The average Bonchev–Trinajstić information content (AvgIpc) is 3.11. The van der Waals surface area contributed by atoms with Crippen molar-refractivity contribution < 1.29 is 14.5 Å².